The summed E-state index contributed by atoms with van der Waals surface area (Å²) in [4.78, 5) is 12.4. The molecule has 2 aromatic carbocycles. The van der Waals surface area contributed by atoms with E-state index in [1.54, 1.807) is 6.07 Å². The van der Waals surface area contributed by atoms with Gasteiger partial charge in [0.05, 0.1) is 10.6 Å². The lowest BCUT2D eigenvalue weighted by Crippen LogP contribution is -1.96. The molecule has 0 aromatic heterocycles. The van der Waals surface area contributed by atoms with Gasteiger partial charge in [-0.3, -0.25) is 4.79 Å². The van der Waals surface area contributed by atoms with Gasteiger partial charge in [-0.2, -0.15) is 0 Å². The topological polar surface area (TPSA) is 37.3 Å². The van der Waals surface area contributed by atoms with Gasteiger partial charge in [-0.1, -0.05) is 35.3 Å². The highest BCUT2D eigenvalue weighted by Gasteiger charge is 2.13. The Balaban J connectivity index is 2.26. The van der Waals surface area contributed by atoms with Crippen molar-refractivity contribution in [1.82, 2.24) is 0 Å². The molecule has 2 nitrogen and oxygen atoms in total. The number of aromatic hydroxyl groups is 1. The summed E-state index contributed by atoms with van der Waals surface area (Å²) in [6.07, 6.45) is 0. The lowest BCUT2D eigenvalue weighted by Gasteiger charge is -2.09. The Morgan fingerprint density at radius 2 is 1.95 bits per heavy atom. The molecule has 0 saturated heterocycles. The highest BCUT2D eigenvalue weighted by atomic mass is 35.5. The first kappa shape index (κ1) is 15.2. The van der Waals surface area contributed by atoms with E-state index < -0.39 is 0 Å². The van der Waals surface area contributed by atoms with Crippen molar-refractivity contribution in [3.63, 3.8) is 0 Å². The van der Waals surface area contributed by atoms with Gasteiger partial charge in [0, 0.05) is 21.2 Å². The maximum absolute atomic E-state index is 11.5. The van der Waals surface area contributed by atoms with Crippen molar-refractivity contribution in [2.24, 2.45) is 0 Å². The normalized spacial score (nSPS) is 10.6. The summed E-state index contributed by atoms with van der Waals surface area (Å²) in [5.74, 6) is 0.256. The minimum Gasteiger partial charge on any atom is -0.507 e. The fourth-order valence-electron chi connectivity index (χ4n) is 1.75. The molecule has 0 spiro atoms. The van der Waals surface area contributed by atoms with Crippen LogP contribution < -0.4 is 0 Å². The van der Waals surface area contributed by atoms with Crippen LogP contribution in [0, 0.1) is 0 Å². The van der Waals surface area contributed by atoms with Crippen molar-refractivity contribution in [2.75, 3.05) is 0 Å². The van der Waals surface area contributed by atoms with Gasteiger partial charge < -0.3 is 5.11 Å². The van der Waals surface area contributed by atoms with Crippen LogP contribution in [0.4, 0.5) is 0 Å². The Labute approximate surface area is 131 Å². The molecular formula is C15H12Cl2O2S. The second-order valence-electron chi connectivity index (χ2n) is 4.24. The lowest BCUT2D eigenvalue weighted by molar-refractivity contribution is 0.101. The summed E-state index contributed by atoms with van der Waals surface area (Å²) >= 11 is 13.5. The van der Waals surface area contributed by atoms with E-state index in [-0.39, 0.29) is 17.1 Å². The number of carbonyl (C=O) groups excluding carboxylic acids is 1. The number of rotatable bonds is 4. The van der Waals surface area contributed by atoms with E-state index in [1.165, 1.54) is 24.8 Å². The van der Waals surface area contributed by atoms with E-state index in [4.69, 9.17) is 23.2 Å². The van der Waals surface area contributed by atoms with Crippen LogP contribution in [0.5, 0.6) is 5.75 Å². The number of hydrogen-bond donors (Lipinski definition) is 1. The standard InChI is InChI=1S/C15H12Cl2O2S/c1-9(18)12-7-11(16)6-10(15(12)19)8-20-14-5-3-2-4-13(14)17/h2-7,19H,8H2,1H3. The van der Waals surface area contributed by atoms with E-state index in [9.17, 15) is 9.90 Å². The summed E-state index contributed by atoms with van der Waals surface area (Å²) in [7, 11) is 0. The molecule has 0 aliphatic rings. The zero-order valence-corrected chi connectivity index (χ0v) is 13.0. The minimum absolute atomic E-state index is 0.0125. The predicted molar refractivity (Wildman–Crippen MR) is 84.1 cm³/mol. The van der Waals surface area contributed by atoms with Crippen LogP contribution in [0.2, 0.25) is 10.0 Å². The number of phenols is 1. The monoisotopic (exact) mass is 326 g/mol. The Kier molecular flexibility index (Phi) is 4.97. The molecule has 1 N–H and O–H groups in total. The van der Waals surface area contributed by atoms with Gasteiger partial charge in [0.1, 0.15) is 5.75 Å². The van der Waals surface area contributed by atoms with Crippen LogP contribution >= 0.6 is 35.0 Å². The van der Waals surface area contributed by atoms with E-state index in [2.05, 4.69) is 0 Å². The van der Waals surface area contributed by atoms with Gasteiger partial charge in [0.2, 0.25) is 0 Å². The third-order valence-corrected chi connectivity index (χ3v) is 4.53. The summed E-state index contributed by atoms with van der Waals surface area (Å²) < 4.78 is 0. The van der Waals surface area contributed by atoms with E-state index in [0.717, 1.165) is 4.90 Å². The number of Topliss-reactive ketones (excluding diaryl/α,β-unsaturated/α-hetero) is 1. The number of carbonyl (C=O) groups is 1. The number of hydrogen-bond acceptors (Lipinski definition) is 3. The second kappa shape index (κ2) is 6.53. The maximum Gasteiger partial charge on any atom is 0.163 e. The van der Waals surface area contributed by atoms with Crippen LogP contribution in [0.3, 0.4) is 0 Å². The third-order valence-electron chi connectivity index (χ3n) is 2.75. The van der Waals surface area contributed by atoms with Crippen LogP contribution in [-0.4, -0.2) is 10.9 Å². The van der Waals surface area contributed by atoms with E-state index >= 15 is 0 Å². The van der Waals surface area contributed by atoms with E-state index in [1.807, 2.05) is 24.3 Å². The zero-order chi connectivity index (χ0) is 14.7. The van der Waals surface area contributed by atoms with Crippen molar-refractivity contribution >= 4 is 40.7 Å². The molecular weight excluding hydrogens is 315 g/mol. The predicted octanol–water partition coefficient (Wildman–Crippen LogP) is 5.19. The molecule has 0 fully saturated rings. The molecule has 0 radical (unpaired) electrons. The van der Waals surface area contributed by atoms with Gasteiger partial charge >= 0.3 is 0 Å². The summed E-state index contributed by atoms with van der Waals surface area (Å²) in [6.45, 7) is 1.40. The summed E-state index contributed by atoms with van der Waals surface area (Å²) in [5, 5.41) is 11.2. The zero-order valence-electron chi connectivity index (χ0n) is 10.7. The molecule has 0 heterocycles. The third kappa shape index (κ3) is 3.48. The number of ketones is 1. The summed E-state index contributed by atoms with van der Waals surface area (Å²) in [6, 6.07) is 10.6. The van der Waals surface area contributed by atoms with Crippen LogP contribution in [0.15, 0.2) is 41.3 Å². The van der Waals surface area contributed by atoms with Gasteiger partial charge in [-0.15, -0.1) is 11.8 Å². The second-order valence-corrected chi connectivity index (χ2v) is 6.10. The van der Waals surface area contributed by atoms with Crippen LogP contribution in [-0.2, 0) is 5.75 Å². The maximum atomic E-state index is 11.5. The van der Waals surface area contributed by atoms with Gasteiger partial charge in [-0.25, -0.2) is 0 Å². The lowest BCUT2D eigenvalue weighted by atomic mass is 10.1. The molecule has 2 aromatic rings. The molecule has 20 heavy (non-hydrogen) atoms. The average Bonchev–Trinajstić information content (AvgIpc) is 2.40. The molecule has 5 heteroatoms. The highest BCUT2D eigenvalue weighted by Crippen LogP contribution is 2.35. The highest BCUT2D eigenvalue weighted by molar-refractivity contribution is 7.98. The molecule has 0 aliphatic carbocycles. The number of phenolic OH excluding ortho intramolecular Hbond substituents is 1. The Morgan fingerprint density at radius 1 is 1.25 bits per heavy atom. The Morgan fingerprint density at radius 3 is 2.60 bits per heavy atom. The molecule has 0 aliphatic heterocycles. The molecule has 2 rings (SSSR count). The minimum atomic E-state index is -0.214. The Hall–Kier alpha value is -1.16. The van der Waals surface area contributed by atoms with Crippen molar-refractivity contribution in [3.8, 4) is 5.75 Å². The first-order chi connectivity index (χ1) is 9.49. The average molecular weight is 327 g/mol. The number of halogens is 2. The molecule has 0 amide bonds. The molecule has 104 valence electrons. The first-order valence-corrected chi connectivity index (χ1v) is 7.63. The van der Waals surface area contributed by atoms with E-state index in [0.29, 0.717) is 21.4 Å². The summed E-state index contributed by atoms with van der Waals surface area (Å²) in [5.41, 5.74) is 0.861. The van der Waals surface area contributed by atoms with Gasteiger partial charge in [0.15, 0.2) is 5.78 Å². The Bertz CT molecular complexity index is 656. The fraction of sp³-hybridized carbons (Fsp3) is 0.133. The molecule has 0 bridgehead atoms. The van der Waals surface area contributed by atoms with Gasteiger partial charge in [-0.05, 0) is 31.2 Å². The van der Waals surface area contributed by atoms with Crippen molar-refractivity contribution < 1.29 is 9.90 Å². The fourth-order valence-corrected chi connectivity index (χ4v) is 3.20. The van der Waals surface area contributed by atoms with Gasteiger partial charge in [0.25, 0.3) is 0 Å². The van der Waals surface area contributed by atoms with Crippen molar-refractivity contribution in [1.29, 1.82) is 0 Å². The van der Waals surface area contributed by atoms with Crippen molar-refractivity contribution in [3.05, 3.63) is 57.6 Å². The number of thioether (sulfide) groups is 1. The molecule has 0 saturated carbocycles. The largest absolute Gasteiger partial charge is 0.507 e. The van der Waals surface area contributed by atoms with Crippen LogP contribution in [0.25, 0.3) is 0 Å². The first-order valence-electron chi connectivity index (χ1n) is 5.88. The number of benzene rings is 2. The SMILES string of the molecule is CC(=O)c1cc(Cl)cc(CSc2ccccc2Cl)c1O. The quantitative estimate of drug-likeness (QED) is 0.620. The van der Waals surface area contributed by atoms with Crippen molar-refractivity contribution in [2.45, 2.75) is 17.6 Å². The smallest absolute Gasteiger partial charge is 0.163 e. The van der Waals surface area contributed by atoms with Crippen LogP contribution in [0.1, 0.15) is 22.8 Å². The molecule has 0 atom stereocenters. The molecule has 0 unspecified atom stereocenters.